The van der Waals surface area contributed by atoms with E-state index in [1.165, 1.54) is 24.3 Å². The number of amides is 1. The molecule has 0 radical (unpaired) electrons. The highest BCUT2D eigenvalue weighted by Crippen LogP contribution is 2.27. The molecule has 5 nitrogen and oxygen atoms in total. The quantitative estimate of drug-likeness (QED) is 0.313. The summed E-state index contributed by atoms with van der Waals surface area (Å²) in [5.74, 6) is -0.217. The van der Waals surface area contributed by atoms with E-state index in [2.05, 4.69) is 4.72 Å². The first kappa shape index (κ1) is 23.8. The summed E-state index contributed by atoms with van der Waals surface area (Å²) in [4.78, 5) is 12.5. The third-order valence-electron chi connectivity index (χ3n) is 4.95. The molecule has 1 amide bonds. The third kappa shape index (κ3) is 5.97. The van der Waals surface area contributed by atoms with Crippen LogP contribution in [0, 0.1) is 0 Å². The number of halogens is 2. The van der Waals surface area contributed by atoms with Crippen molar-refractivity contribution in [3.8, 4) is 16.9 Å². The number of carbonyl (C=O) groups excluding carboxylic acids is 1. The lowest BCUT2D eigenvalue weighted by atomic mass is 10.0. The molecule has 8 heteroatoms. The van der Waals surface area contributed by atoms with Crippen molar-refractivity contribution in [2.45, 2.75) is 11.5 Å². The molecule has 0 spiro atoms. The van der Waals surface area contributed by atoms with Crippen molar-refractivity contribution >= 4 is 39.1 Å². The van der Waals surface area contributed by atoms with E-state index in [0.29, 0.717) is 22.4 Å². The summed E-state index contributed by atoms with van der Waals surface area (Å²) >= 11 is 12.1. The molecule has 172 valence electrons. The fourth-order valence-corrected chi connectivity index (χ4v) is 4.73. The van der Waals surface area contributed by atoms with Crippen LogP contribution in [0.5, 0.6) is 5.75 Å². The molecular weight excluding hydrogens is 493 g/mol. The van der Waals surface area contributed by atoms with Gasteiger partial charge in [-0.2, -0.15) is 0 Å². The zero-order valence-corrected chi connectivity index (χ0v) is 20.1. The Bertz CT molecular complexity index is 1390. The van der Waals surface area contributed by atoms with Crippen LogP contribution in [0.25, 0.3) is 11.1 Å². The van der Waals surface area contributed by atoms with E-state index < -0.39 is 15.9 Å². The average Bonchev–Trinajstić information content (AvgIpc) is 2.83. The smallest absolute Gasteiger partial charge is 0.264 e. The van der Waals surface area contributed by atoms with Crippen molar-refractivity contribution < 1.29 is 17.9 Å². The molecule has 0 fully saturated rings. The van der Waals surface area contributed by atoms with Gasteiger partial charge >= 0.3 is 0 Å². The van der Waals surface area contributed by atoms with E-state index in [4.69, 9.17) is 27.9 Å². The van der Waals surface area contributed by atoms with E-state index in [0.717, 1.165) is 16.7 Å². The first-order valence-corrected chi connectivity index (χ1v) is 12.4. The van der Waals surface area contributed by atoms with Crippen molar-refractivity contribution in [2.75, 3.05) is 0 Å². The van der Waals surface area contributed by atoms with Crippen LogP contribution in [-0.4, -0.2) is 14.3 Å². The number of rotatable bonds is 7. The molecule has 0 heterocycles. The van der Waals surface area contributed by atoms with Gasteiger partial charge in [0.05, 0.1) is 4.90 Å². The van der Waals surface area contributed by atoms with Gasteiger partial charge in [0.25, 0.3) is 15.9 Å². The molecule has 1 N–H and O–H groups in total. The molecule has 0 aliphatic carbocycles. The number of ether oxygens (including phenoxy) is 1. The number of benzene rings is 4. The molecule has 34 heavy (non-hydrogen) atoms. The van der Waals surface area contributed by atoms with E-state index in [1.807, 2.05) is 30.3 Å². The third-order valence-corrected chi connectivity index (χ3v) is 6.74. The summed E-state index contributed by atoms with van der Waals surface area (Å²) in [7, 11) is -4.06. The molecule has 0 aliphatic rings. The summed E-state index contributed by atoms with van der Waals surface area (Å²) in [5, 5.41) is 0.985. The van der Waals surface area contributed by atoms with E-state index in [-0.39, 0.29) is 10.5 Å². The van der Waals surface area contributed by atoms with Crippen molar-refractivity contribution in [2.24, 2.45) is 0 Å². The van der Waals surface area contributed by atoms with Crippen LogP contribution in [-0.2, 0) is 16.6 Å². The van der Waals surface area contributed by atoms with Crippen LogP contribution < -0.4 is 9.46 Å². The molecular formula is C26H19Cl2NO4S. The van der Waals surface area contributed by atoms with Crippen molar-refractivity contribution in [3.05, 3.63) is 118 Å². The maximum atomic E-state index is 12.7. The van der Waals surface area contributed by atoms with Crippen molar-refractivity contribution in [1.29, 1.82) is 0 Å². The van der Waals surface area contributed by atoms with Crippen molar-refractivity contribution in [3.63, 3.8) is 0 Å². The van der Waals surface area contributed by atoms with Gasteiger partial charge in [-0.15, -0.1) is 0 Å². The lowest BCUT2D eigenvalue weighted by Crippen LogP contribution is -2.30. The molecule has 0 saturated carbocycles. The summed E-state index contributed by atoms with van der Waals surface area (Å²) < 4.78 is 33.1. The van der Waals surface area contributed by atoms with Gasteiger partial charge in [-0.3, -0.25) is 4.79 Å². The van der Waals surface area contributed by atoms with Gasteiger partial charge in [-0.05, 0) is 71.3 Å². The van der Waals surface area contributed by atoms with Gasteiger partial charge in [-0.25, -0.2) is 13.1 Å². The number of nitrogens with one attached hydrogen (secondary N) is 1. The largest absolute Gasteiger partial charge is 0.489 e. The maximum Gasteiger partial charge on any atom is 0.264 e. The second kappa shape index (κ2) is 10.3. The Hall–Kier alpha value is -3.32. The minimum atomic E-state index is -4.06. The Morgan fingerprint density at radius 1 is 0.765 bits per heavy atom. The second-order valence-corrected chi connectivity index (χ2v) is 9.97. The second-order valence-electron chi connectivity index (χ2n) is 7.42. The van der Waals surface area contributed by atoms with Gasteiger partial charge < -0.3 is 4.74 Å². The van der Waals surface area contributed by atoms with Crippen LogP contribution in [0.2, 0.25) is 10.0 Å². The monoisotopic (exact) mass is 511 g/mol. The normalized spacial score (nSPS) is 11.1. The zero-order valence-electron chi connectivity index (χ0n) is 17.7. The number of carbonyl (C=O) groups is 1. The minimum absolute atomic E-state index is 0.0434. The van der Waals surface area contributed by atoms with Gasteiger partial charge in [0.2, 0.25) is 0 Å². The van der Waals surface area contributed by atoms with Gasteiger partial charge in [0, 0.05) is 15.6 Å². The molecule has 4 aromatic rings. The van der Waals surface area contributed by atoms with Gasteiger partial charge in [-0.1, -0.05) is 65.7 Å². The van der Waals surface area contributed by atoms with Gasteiger partial charge in [0.15, 0.2) is 0 Å². The highest BCUT2D eigenvalue weighted by atomic mass is 35.5. The van der Waals surface area contributed by atoms with E-state index in [9.17, 15) is 13.2 Å². The van der Waals surface area contributed by atoms with Crippen LogP contribution in [0.3, 0.4) is 0 Å². The summed E-state index contributed by atoms with van der Waals surface area (Å²) in [6.45, 7) is 0.362. The topological polar surface area (TPSA) is 72.5 Å². The molecule has 4 aromatic carbocycles. The maximum absolute atomic E-state index is 12.7. The summed E-state index contributed by atoms with van der Waals surface area (Å²) in [6.07, 6.45) is 0. The van der Waals surface area contributed by atoms with Crippen molar-refractivity contribution in [1.82, 2.24) is 4.72 Å². The highest BCUT2D eigenvalue weighted by Gasteiger charge is 2.19. The number of hydrogen-bond acceptors (Lipinski definition) is 4. The summed E-state index contributed by atoms with van der Waals surface area (Å²) in [5.41, 5.74) is 2.76. The fourth-order valence-electron chi connectivity index (χ4n) is 3.23. The average molecular weight is 512 g/mol. The molecule has 0 bridgehead atoms. The molecule has 0 aliphatic heterocycles. The van der Waals surface area contributed by atoms with Gasteiger partial charge in [0.1, 0.15) is 12.4 Å². The standard InChI is InChI=1S/C26H19Cl2NO4S/c27-22-14-21(15-23(28)16-22)19-6-8-20(9-7-19)26(30)29-34(31,32)25-12-10-24(11-13-25)33-17-18-4-2-1-3-5-18/h1-16H,17H2,(H,29,30). The molecule has 0 unspecified atom stereocenters. The Labute approximate surface area is 208 Å². The minimum Gasteiger partial charge on any atom is -0.489 e. The predicted octanol–water partition coefficient (Wildman–Crippen LogP) is 6.36. The van der Waals surface area contributed by atoms with E-state index in [1.54, 1.807) is 42.5 Å². The Balaban J connectivity index is 1.41. The van der Waals surface area contributed by atoms with Crippen LogP contribution in [0.15, 0.2) is 102 Å². The molecule has 4 rings (SSSR count). The summed E-state index contributed by atoms with van der Waals surface area (Å²) in [6, 6.07) is 27.1. The van der Waals surface area contributed by atoms with Crippen LogP contribution >= 0.6 is 23.2 Å². The molecule has 0 atom stereocenters. The fraction of sp³-hybridized carbons (Fsp3) is 0.0385. The van der Waals surface area contributed by atoms with Crippen LogP contribution in [0.1, 0.15) is 15.9 Å². The SMILES string of the molecule is O=C(NS(=O)(=O)c1ccc(OCc2ccccc2)cc1)c1ccc(-c2cc(Cl)cc(Cl)c2)cc1. The molecule has 0 aromatic heterocycles. The highest BCUT2D eigenvalue weighted by molar-refractivity contribution is 7.90. The Morgan fingerprint density at radius 3 is 2.00 bits per heavy atom. The first-order valence-electron chi connectivity index (χ1n) is 10.2. The predicted molar refractivity (Wildman–Crippen MR) is 134 cm³/mol. The first-order chi connectivity index (χ1) is 16.3. The Kier molecular flexibility index (Phi) is 7.22. The van der Waals surface area contributed by atoms with Crippen LogP contribution in [0.4, 0.5) is 0 Å². The number of hydrogen-bond donors (Lipinski definition) is 1. The zero-order chi connectivity index (χ0) is 24.1. The lowest BCUT2D eigenvalue weighted by Gasteiger charge is -2.10. The Morgan fingerprint density at radius 2 is 1.38 bits per heavy atom. The lowest BCUT2D eigenvalue weighted by molar-refractivity contribution is 0.0981. The number of sulfonamides is 1. The van der Waals surface area contributed by atoms with E-state index >= 15 is 0 Å². The molecule has 0 saturated heterocycles.